The van der Waals surface area contributed by atoms with Gasteiger partial charge in [0, 0.05) is 6.42 Å². The third-order valence-electron chi connectivity index (χ3n) is 4.63. The van der Waals surface area contributed by atoms with Crippen molar-refractivity contribution in [3.63, 3.8) is 0 Å². The average molecular weight is 266 g/mol. The second-order valence-electron chi connectivity index (χ2n) is 5.92. The maximum absolute atomic E-state index is 12.6. The molecule has 2 aliphatic carbocycles. The topological polar surface area (TPSA) is 63.4 Å². The van der Waals surface area contributed by atoms with E-state index < -0.39 is 5.41 Å². The van der Waals surface area contributed by atoms with Crippen LogP contribution in [-0.2, 0) is 9.59 Å². The summed E-state index contributed by atoms with van der Waals surface area (Å²) < 4.78 is 0. The highest BCUT2D eigenvalue weighted by Gasteiger charge is 2.56. The van der Waals surface area contributed by atoms with Crippen molar-refractivity contribution in [1.82, 2.24) is 4.90 Å². The number of hydrogen-bond acceptors (Lipinski definition) is 3. The number of likely N-dealkylation sites (tertiary alicyclic amines) is 1. The van der Waals surface area contributed by atoms with Gasteiger partial charge in [0.25, 0.3) is 0 Å². The lowest BCUT2D eigenvalue weighted by Gasteiger charge is -2.27. The van der Waals surface area contributed by atoms with E-state index in [4.69, 9.17) is 18.0 Å². The average Bonchev–Trinajstić information content (AvgIpc) is 2.98. The highest BCUT2D eigenvalue weighted by molar-refractivity contribution is 7.80. The van der Waals surface area contributed by atoms with E-state index in [1.807, 2.05) is 0 Å². The first-order valence-electron chi connectivity index (χ1n) is 6.71. The third-order valence-corrected chi connectivity index (χ3v) is 4.87. The van der Waals surface area contributed by atoms with Crippen molar-refractivity contribution in [2.45, 2.75) is 51.0 Å². The van der Waals surface area contributed by atoms with Gasteiger partial charge in [-0.2, -0.15) is 0 Å². The molecule has 0 aromatic rings. The molecule has 0 aromatic carbocycles. The van der Waals surface area contributed by atoms with Crippen LogP contribution < -0.4 is 5.73 Å². The summed E-state index contributed by atoms with van der Waals surface area (Å²) in [6.45, 7) is 0. The minimum absolute atomic E-state index is 0.00491. The number of nitrogens with zero attached hydrogens (tertiary/aromatic N) is 1. The number of nitrogens with two attached hydrogens (primary N) is 1. The van der Waals surface area contributed by atoms with Gasteiger partial charge in [0.15, 0.2) is 0 Å². The fourth-order valence-electron chi connectivity index (χ4n) is 3.53. The summed E-state index contributed by atoms with van der Waals surface area (Å²) in [5.74, 6) is 0.244. The van der Waals surface area contributed by atoms with E-state index in [9.17, 15) is 9.59 Å². The van der Waals surface area contributed by atoms with Gasteiger partial charge in [0.05, 0.1) is 16.4 Å². The molecular formula is C13H18N2O2S. The number of imide groups is 1. The van der Waals surface area contributed by atoms with Gasteiger partial charge in [0.2, 0.25) is 11.8 Å². The Bertz CT molecular complexity index is 425. The van der Waals surface area contributed by atoms with E-state index in [-0.39, 0.29) is 17.9 Å². The van der Waals surface area contributed by atoms with Crippen LogP contribution >= 0.6 is 12.2 Å². The number of amides is 2. The molecule has 1 heterocycles. The van der Waals surface area contributed by atoms with Crippen LogP contribution in [0, 0.1) is 11.3 Å². The predicted molar refractivity (Wildman–Crippen MR) is 70.7 cm³/mol. The zero-order valence-electron chi connectivity index (χ0n) is 10.4. The molecule has 0 radical (unpaired) electrons. The fraction of sp³-hybridized carbons (Fsp3) is 0.769. The Labute approximate surface area is 112 Å². The van der Waals surface area contributed by atoms with Crippen molar-refractivity contribution in [1.29, 1.82) is 0 Å². The van der Waals surface area contributed by atoms with E-state index in [2.05, 4.69) is 0 Å². The third kappa shape index (κ3) is 1.67. The molecule has 3 fully saturated rings. The summed E-state index contributed by atoms with van der Waals surface area (Å²) in [5, 5.41) is 0. The van der Waals surface area contributed by atoms with Gasteiger partial charge >= 0.3 is 0 Å². The lowest BCUT2D eigenvalue weighted by Crippen LogP contribution is -2.49. The number of rotatable bonds is 3. The molecular weight excluding hydrogens is 248 g/mol. The van der Waals surface area contributed by atoms with Gasteiger partial charge in [0.1, 0.15) is 0 Å². The summed E-state index contributed by atoms with van der Waals surface area (Å²) in [5.41, 5.74) is 5.35. The van der Waals surface area contributed by atoms with E-state index in [0.29, 0.717) is 17.3 Å². The summed E-state index contributed by atoms with van der Waals surface area (Å²) in [7, 11) is 0. The first-order valence-corrected chi connectivity index (χ1v) is 7.12. The van der Waals surface area contributed by atoms with E-state index in [1.54, 1.807) is 0 Å². The van der Waals surface area contributed by atoms with Gasteiger partial charge in [-0.1, -0.05) is 25.1 Å². The molecule has 0 aromatic heterocycles. The van der Waals surface area contributed by atoms with Crippen molar-refractivity contribution in [2.75, 3.05) is 0 Å². The molecule has 5 heteroatoms. The number of thiocarbonyl (C=S) groups is 1. The van der Waals surface area contributed by atoms with Gasteiger partial charge in [-0.3, -0.25) is 14.5 Å². The maximum Gasteiger partial charge on any atom is 0.236 e. The van der Waals surface area contributed by atoms with Crippen LogP contribution in [0.1, 0.15) is 44.9 Å². The van der Waals surface area contributed by atoms with Crippen molar-refractivity contribution >= 4 is 29.0 Å². The molecule has 1 unspecified atom stereocenters. The normalized spacial score (nSPS) is 28.1. The second-order valence-corrected chi connectivity index (χ2v) is 6.39. The van der Waals surface area contributed by atoms with Crippen LogP contribution in [0.5, 0.6) is 0 Å². The molecule has 0 bridgehead atoms. The van der Waals surface area contributed by atoms with Crippen LogP contribution in [0.2, 0.25) is 0 Å². The van der Waals surface area contributed by atoms with Gasteiger partial charge < -0.3 is 5.73 Å². The fourth-order valence-corrected chi connectivity index (χ4v) is 3.82. The molecule has 3 aliphatic rings. The molecule has 3 rings (SSSR count). The first kappa shape index (κ1) is 12.1. The Kier molecular flexibility index (Phi) is 2.70. The Morgan fingerprint density at radius 1 is 1.33 bits per heavy atom. The lowest BCUT2D eigenvalue weighted by molar-refractivity contribution is -0.142. The highest BCUT2D eigenvalue weighted by Crippen LogP contribution is 2.49. The Morgan fingerprint density at radius 2 is 1.94 bits per heavy atom. The molecule has 1 aliphatic heterocycles. The molecule has 2 amide bonds. The first-order chi connectivity index (χ1) is 8.55. The van der Waals surface area contributed by atoms with Gasteiger partial charge in [-0.05, 0) is 31.6 Å². The molecule has 1 spiro atoms. The lowest BCUT2D eigenvalue weighted by atomic mass is 9.84. The molecule has 1 saturated heterocycles. The smallest absolute Gasteiger partial charge is 0.236 e. The number of hydrogen-bond donors (Lipinski definition) is 1. The quantitative estimate of drug-likeness (QED) is 0.619. The number of carbonyl (C=O) groups is 2. The zero-order chi connectivity index (χ0) is 12.9. The summed E-state index contributed by atoms with van der Waals surface area (Å²) in [4.78, 5) is 26.5. The van der Waals surface area contributed by atoms with E-state index in [1.165, 1.54) is 4.90 Å². The Balaban J connectivity index is 1.89. The van der Waals surface area contributed by atoms with Crippen LogP contribution in [-0.4, -0.2) is 27.7 Å². The molecule has 18 heavy (non-hydrogen) atoms. The molecule has 2 N–H and O–H groups in total. The molecule has 98 valence electrons. The standard InChI is InChI=1S/C13H18N2O2S/c14-11(18)10(8-3-4-8)15-9(16)7-13(12(15)17)5-1-2-6-13/h8,10H,1-7H2,(H2,14,18). The molecule has 4 nitrogen and oxygen atoms in total. The second kappa shape index (κ2) is 4.02. The van der Waals surface area contributed by atoms with Gasteiger partial charge in [-0.15, -0.1) is 0 Å². The largest absolute Gasteiger partial charge is 0.392 e. The molecule has 1 atom stereocenters. The monoisotopic (exact) mass is 266 g/mol. The van der Waals surface area contributed by atoms with Crippen molar-refractivity contribution < 1.29 is 9.59 Å². The van der Waals surface area contributed by atoms with Crippen LogP contribution in [0.15, 0.2) is 0 Å². The van der Waals surface area contributed by atoms with Crippen molar-refractivity contribution in [3.8, 4) is 0 Å². The SMILES string of the molecule is NC(=S)C(C1CC1)N1C(=O)CC2(CCCC2)C1=O. The summed E-state index contributed by atoms with van der Waals surface area (Å²) in [6.07, 6.45) is 6.21. The van der Waals surface area contributed by atoms with E-state index in [0.717, 1.165) is 38.5 Å². The summed E-state index contributed by atoms with van der Waals surface area (Å²) in [6, 6.07) is -0.319. The maximum atomic E-state index is 12.6. The minimum atomic E-state index is -0.408. The van der Waals surface area contributed by atoms with Crippen LogP contribution in [0.3, 0.4) is 0 Å². The molecule has 2 saturated carbocycles. The van der Waals surface area contributed by atoms with E-state index >= 15 is 0 Å². The predicted octanol–water partition coefficient (Wildman–Crippen LogP) is 1.37. The number of carbonyl (C=O) groups excluding carboxylic acids is 2. The Hall–Kier alpha value is -0.970. The van der Waals surface area contributed by atoms with Gasteiger partial charge in [-0.25, -0.2) is 0 Å². The Morgan fingerprint density at radius 3 is 2.44 bits per heavy atom. The highest BCUT2D eigenvalue weighted by atomic mass is 32.1. The summed E-state index contributed by atoms with van der Waals surface area (Å²) >= 11 is 5.07. The van der Waals surface area contributed by atoms with Crippen LogP contribution in [0.25, 0.3) is 0 Å². The zero-order valence-corrected chi connectivity index (χ0v) is 11.2. The minimum Gasteiger partial charge on any atom is -0.392 e. The van der Waals surface area contributed by atoms with Crippen LogP contribution in [0.4, 0.5) is 0 Å². The van der Waals surface area contributed by atoms with Crippen molar-refractivity contribution in [2.24, 2.45) is 17.1 Å². The van der Waals surface area contributed by atoms with Crippen molar-refractivity contribution in [3.05, 3.63) is 0 Å².